The molecular weight excluding hydrogens is 212 g/mol. The Bertz CT molecular complexity index is 206. The third kappa shape index (κ3) is 4.57. The zero-order chi connectivity index (χ0) is 12.7. The number of nitrogens with one attached hydrogen (secondary N) is 1. The summed E-state index contributed by atoms with van der Waals surface area (Å²) in [5.41, 5.74) is 0.334. The fraction of sp³-hybridized carbons (Fsp3) is 1.00. The van der Waals surface area contributed by atoms with Gasteiger partial charge in [0.05, 0.1) is 6.61 Å². The van der Waals surface area contributed by atoms with Crippen LogP contribution in [0.3, 0.4) is 0 Å². The summed E-state index contributed by atoms with van der Waals surface area (Å²) >= 11 is 0. The third-order valence-corrected chi connectivity index (χ3v) is 4.22. The Morgan fingerprint density at radius 3 is 2.47 bits per heavy atom. The second-order valence-electron chi connectivity index (χ2n) is 5.72. The van der Waals surface area contributed by atoms with Gasteiger partial charge in [0.15, 0.2) is 0 Å². The molecule has 0 aliphatic heterocycles. The summed E-state index contributed by atoms with van der Waals surface area (Å²) in [5.74, 6) is 0. The molecule has 0 aromatic heterocycles. The normalized spacial score (nSPS) is 20.3. The zero-order valence-electron chi connectivity index (χ0n) is 11.8. The Kier molecular flexibility index (Phi) is 6.45. The molecule has 0 bridgehead atoms. The van der Waals surface area contributed by atoms with Crippen LogP contribution >= 0.6 is 0 Å². The van der Waals surface area contributed by atoms with Crippen molar-refractivity contribution in [1.29, 1.82) is 0 Å². The molecule has 2 N–H and O–H groups in total. The van der Waals surface area contributed by atoms with Crippen LogP contribution in [0.15, 0.2) is 0 Å². The van der Waals surface area contributed by atoms with Crippen LogP contribution in [0.4, 0.5) is 0 Å². The van der Waals surface area contributed by atoms with Crippen LogP contribution in [-0.2, 0) is 0 Å². The number of aliphatic hydroxyl groups excluding tert-OH is 1. The largest absolute Gasteiger partial charge is 0.395 e. The molecular formula is C14H30N2O. The van der Waals surface area contributed by atoms with E-state index >= 15 is 0 Å². The van der Waals surface area contributed by atoms with Crippen molar-refractivity contribution < 1.29 is 5.11 Å². The van der Waals surface area contributed by atoms with E-state index in [1.807, 2.05) is 0 Å². The van der Waals surface area contributed by atoms with Crippen molar-refractivity contribution >= 4 is 0 Å². The molecule has 0 amide bonds. The topological polar surface area (TPSA) is 35.5 Å². The predicted molar refractivity (Wildman–Crippen MR) is 73.2 cm³/mol. The number of aliphatic hydroxyl groups is 1. The van der Waals surface area contributed by atoms with Gasteiger partial charge < -0.3 is 10.4 Å². The summed E-state index contributed by atoms with van der Waals surface area (Å²) in [5, 5.41) is 12.7. The average molecular weight is 242 g/mol. The van der Waals surface area contributed by atoms with Gasteiger partial charge in [0.2, 0.25) is 0 Å². The standard InChI is InChI=1S/C14H30N2O/c1-4-14(3,11-15-5-2)12-16(9-10-17)13-7-6-8-13/h13,15,17H,4-12H2,1-3H3. The predicted octanol–water partition coefficient (Wildman–Crippen LogP) is 1.86. The molecule has 1 unspecified atom stereocenters. The molecule has 0 radical (unpaired) electrons. The highest BCUT2D eigenvalue weighted by atomic mass is 16.3. The smallest absolute Gasteiger partial charge is 0.0558 e. The van der Waals surface area contributed by atoms with Gasteiger partial charge in [0.1, 0.15) is 0 Å². The summed E-state index contributed by atoms with van der Waals surface area (Å²) in [6, 6.07) is 0.731. The second-order valence-corrected chi connectivity index (χ2v) is 5.72. The molecule has 1 rings (SSSR count). The molecule has 1 fully saturated rings. The van der Waals surface area contributed by atoms with Gasteiger partial charge in [0, 0.05) is 25.7 Å². The van der Waals surface area contributed by atoms with Crippen LogP contribution in [0.25, 0.3) is 0 Å². The Morgan fingerprint density at radius 2 is 2.06 bits per heavy atom. The second kappa shape index (κ2) is 7.34. The number of rotatable bonds is 9. The Morgan fingerprint density at radius 1 is 1.35 bits per heavy atom. The molecule has 1 aliphatic rings. The molecule has 1 saturated carbocycles. The molecule has 1 aliphatic carbocycles. The van der Waals surface area contributed by atoms with Crippen LogP contribution in [0.2, 0.25) is 0 Å². The lowest BCUT2D eigenvalue weighted by Crippen LogP contribution is -2.49. The number of hydrogen-bond donors (Lipinski definition) is 2. The van der Waals surface area contributed by atoms with Crippen LogP contribution in [0, 0.1) is 5.41 Å². The third-order valence-electron chi connectivity index (χ3n) is 4.22. The average Bonchev–Trinajstić information content (AvgIpc) is 2.24. The maximum absolute atomic E-state index is 9.19. The van der Waals surface area contributed by atoms with Gasteiger partial charge in [-0.3, -0.25) is 4.90 Å². The van der Waals surface area contributed by atoms with Crippen molar-refractivity contribution in [3.63, 3.8) is 0 Å². The van der Waals surface area contributed by atoms with Gasteiger partial charge in [-0.05, 0) is 31.2 Å². The van der Waals surface area contributed by atoms with E-state index in [0.717, 1.165) is 32.2 Å². The highest BCUT2D eigenvalue weighted by Crippen LogP contribution is 2.29. The zero-order valence-corrected chi connectivity index (χ0v) is 11.8. The molecule has 0 aromatic rings. The highest BCUT2D eigenvalue weighted by Gasteiger charge is 2.31. The Balaban J connectivity index is 2.48. The molecule has 17 heavy (non-hydrogen) atoms. The minimum atomic E-state index is 0.289. The monoisotopic (exact) mass is 242 g/mol. The first kappa shape index (κ1) is 14.9. The highest BCUT2D eigenvalue weighted by molar-refractivity contribution is 4.86. The summed E-state index contributed by atoms with van der Waals surface area (Å²) in [4.78, 5) is 2.50. The van der Waals surface area contributed by atoms with Crippen LogP contribution in [-0.4, -0.2) is 48.8 Å². The van der Waals surface area contributed by atoms with E-state index in [1.54, 1.807) is 0 Å². The van der Waals surface area contributed by atoms with Gasteiger partial charge in [-0.15, -0.1) is 0 Å². The fourth-order valence-electron chi connectivity index (χ4n) is 2.48. The lowest BCUT2D eigenvalue weighted by Gasteiger charge is -2.42. The minimum Gasteiger partial charge on any atom is -0.395 e. The van der Waals surface area contributed by atoms with Crippen LogP contribution in [0.1, 0.15) is 46.5 Å². The van der Waals surface area contributed by atoms with Gasteiger partial charge in [-0.25, -0.2) is 0 Å². The Labute approximate surface area is 107 Å². The van der Waals surface area contributed by atoms with Gasteiger partial charge in [-0.1, -0.05) is 27.2 Å². The summed E-state index contributed by atoms with van der Waals surface area (Å²) in [6.45, 7) is 11.2. The fourth-order valence-corrected chi connectivity index (χ4v) is 2.48. The van der Waals surface area contributed by atoms with Gasteiger partial charge >= 0.3 is 0 Å². The van der Waals surface area contributed by atoms with Crippen molar-refractivity contribution in [3.05, 3.63) is 0 Å². The van der Waals surface area contributed by atoms with Crippen LogP contribution in [0.5, 0.6) is 0 Å². The van der Waals surface area contributed by atoms with Crippen molar-refractivity contribution in [2.24, 2.45) is 5.41 Å². The molecule has 0 spiro atoms. The van der Waals surface area contributed by atoms with Crippen molar-refractivity contribution in [2.45, 2.75) is 52.5 Å². The van der Waals surface area contributed by atoms with E-state index < -0.39 is 0 Å². The van der Waals surface area contributed by atoms with E-state index in [-0.39, 0.29) is 6.61 Å². The molecule has 0 heterocycles. The maximum atomic E-state index is 9.19. The van der Waals surface area contributed by atoms with Crippen molar-refractivity contribution in [1.82, 2.24) is 10.2 Å². The molecule has 0 aromatic carbocycles. The Hall–Kier alpha value is -0.120. The summed E-state index contributed by atoms with van der Waals surface area (Å²) in [6.07, 6.45) is 5.19. The first-order valence-electron chi connectivity index (χ1n) is 7.21. The maximum Gasteiger partial charge on any atom is 0.0558 e. The van der Waals surface area contributed by atoms with Gasteiger partial charge in [-0.2, -0.15) is 0 Å². The van der Waals surface area contributed by atoms with Crippen molar-refractivity contribution in [3.8, 4) is 0 Å². The van der Waals surface area contributed by atoms with E-state index in [4.69, 9.17) is 0 Å². The number of nitrogens with zero attached hydrogens (tertiary/aromatic N) is 1. The quantitative estimate of drug-likeness (QED) is 0.648. The molecule has 3 heteroatoms. The van der Waals surface area contributed by atoms with Gasteiger partial charge in [0.25, 0.3) is 0 Å². The first-order valence-corrected chi connectivity index (χ1v) is 7.21. The molecule has 102 valence electrons. The lowest BCUT2D eigenvalue weighted by molar-refractivity contribution is 0.0569. The lowest BCUT2D eigenvalue weighted by atomic mass is 9.84. The summed E-state index contributed by atoms with van der Waals surface area (Å²) in [7, 11) is 0. The van der Waals surface area contributed by atoms with E-state index in [2.05, 4.69) is 31.0 Å². The van der Waals surface area contributed by atoms with E-state index in [1.165, 1.54) is 25.7 Å². The molecule has 3 nitrogen and oxygen atoms in total. The molecule has 1 atom stereocenters. The van der Waals surface area contributed by atoms with E-state index in [0.29, 0.717) is 5.41 Å². The molecule has 0 saturated heterocycles. The van der Waals surface area contributed by atoms with E-state index in [9.17, 15) is 5.11 Å². The summed E-state index contributed by atoms with van der Waals surface area (Å²) < 4.78 is 0. The minimum absolute atomic E-state index is 0.289. The SMILES string of the molecule is CCNCC(C)(CC)CN(CCO)C1CCC1. The number of hydrogen-bond acceptors (Lipinski definition) is 3. The van der Waals surface area contributed by atoms with Crippen LogP contribution < -0.4 is 5.32 Å². The first-order chi connectivity index (χ1) is 8.15. The van der Waals surface area contributed by atoms with Crippen molar-refractivity contribution in [2.75, 3.05) is 32.8 Å².